The SMILES string of the molecule is C=CCN1C(=O)C(=CN2CCCCCC2)C(=O)NC1=S. The standard InChI is InChI=1S/C14H19N3O2S/c1-2-7-17-13(19)11(12(18)15-14(17)20)10-16-8-5-3-4-6-9-16/h2,10H,1,3-9H2,(H,15,18,20). The molecule has 6 heteroatoms. The lowest BCUT2D eigenvalue weighted by molar-refractivity contribution is -0.128. The highest BCUT2D eigenvalue weighted by molar-refractivity contribution is 7.80. The number of carbonyl (C=O) groups is 2. The quantitative estimate of drug-likeness (QED) is 0.367. The Bertz CT molecular complexity index is 465. The van der Waals surface area contributed by atoms with Crippen molar-refractivity contribution in [2.24, 2.45) is 0 Å². The van der Waals surface area contributed by atoms with Crippen molar-refractivity contribution in [3.05, 3.63) is 24.4 Å². The minimum absolute atomic E-state index is 0.146. The van der Waals surface area contributed by atoms with Gasteiger partial charge < -0.3 is 4.90 Å². The summed E-state index contributed by atoms with van der Waals surface area (Å²) in [4.78, 5) is 27.7. The normalized spacial score (nSPS) is 22.8. The Morgan fingerprint density at radius 2 is 1.85 bits per heavy atom. The zero-order valence-corrected chi connectivity index (χ0v) is 12.2. The van der Waals surface area contributed by atoms with Gasteiger partial charge in [0.05, 0.1) is 0 Å². The van der Waals surface area contributed by atoms with Crippen LogP contribution in [0.5, 0.6) is 0 Å². The van der Waals surface area contributed by atoms with E-state index < -0.39 is 5.91 Å². The maximum atomic E-state index is 12.3. The summed E-state index contributed by atoms with van der Waals surface area (Å²) in [7, 11) is 0. The van der Waals surface area contributed by atoms with E-state index in [-0.39, 0.29) is 16.6 Å². The van der Waals surface area contributed by atoms with Crippen LogP contribution in [-0.2, 0) is 9.59 Å². The van der Waals surface area contributed by atoms with E-state index in [0.717, 1.165) is 25.9 Å². The summed E-state index contributed by atoms with van der Waals surface area (Å²) in [5.41, 5.74) is 0.155. The van der Waals surface area contributed by atoms with Gasteiger partial charge in [-0.1, -0.05) is 18.9 Å². The molecule has 0 spiro atoms. The molecule has 2 aliphatic heterocycles. The van der Waals surface area contributed by atoms with Gasteiger partial charge in [0, 0.05) is 25.8 Å². The van der Waals surface area contributed by atoms with E-state index in [2.05, 4.69) is 16.8 Å². The zero-order valence-electron chi connectivity index (χ0n) is 11.4. The highest BCUT2D eigenvalue weighted by atomic mass is 32.1. The highest BCUT2D eigenvalue weighted by Crippen LogP contribution is 2.15. The van der Waals surface area contributed by atoms with Gasteiger partial charge in [0.1, 0.15) is 5.57 Å². The maximum absolute atomic E-state index is 12.3. The summed E-state index contributed by atoms with van der Waals surface area (Å²) < 4.78 is 0. The molecule has 0 radical (unpaired) electrons. The van der Waals surface area contributed by atoms with Crippen molar-refractivity contribution in [3.8, 4) is 0 Å². The second-order valence-electron chi connectivity index (χ2n) is 4.96. The molecule has 2 rings (SSSR count). The third kappa shape index (κ3) is 3.25. The van der Waals surface area contributed by atoms with Crippen LogP contribution < -0.4 is 5.32 Å². The van der Waals surface area contributed by atoms with Crippen LogP contribution in [0.2, 0.25) is 0 Å². The number of nitrogens with zero attached hydrogens (tertiary/aromatic N) is 2. The lowest BCUT2D eigenvalue weighted by Crippen LogP contribution is -2.54. The van der Waals surface area contributed by atoms with Gasteiger partial charge in [-0.2, -0.15) is 0 Å². The Kier molecular flexibility index (Phi) is 4.89. The van der Waals surface area contributed by atoms with Crippen LogP contribution in [0.25, 0.3) is 0 Å². The van der Waals surface area contributed by atoms with Gasteiger partial charge >= 0.3 is 0 Å². The first kappa shape index (κ1) is 14.7. The molecule has 0 atom stereocenters. The molecule has 2 fully saturated rings. The number of nitrogens with one attached hydrogen (secondary N) is 1. The largest absolute Gasteiger partial charge is 0.377 e. The minimum Gasteiger partial charge on any atom is -0.377 e. The summed E-state index contributed by atoms with van der Waals surface area (Å²) in [6.07, 6.45) is 7.85. The van der Waals surface area contributed by atoms with Crippen LogP contribution in [0.4, 0.5) is 0 Å². The zero-order chi connectivity index (χ0) is 14.5. The summed E-state index contributed by atoms with van der Waals surface area (Å²) >= 11 is 5.01. The molecule has 1 N–H and O–H groups in total. The average Bonchev–Trinajstić information content (AvgIpc) is 2.68. The van der Waals surface area contributed by atoms with E-state index in [1.807, 2.05) is 0 Å². The van der Waals surface area contributed by atoms with E-state index in [9.17, 15) is 9.59 Å². The molecule has 0 aromatic rings. The number of thiocarbonyl (C=S) groups is 1. The van der Waals surface area contributed by atoms with Crippen molar-refractivity contribution in [1.29, 1.82) is 0 Å². The molecular weight excluding hydrogens is 274 g/mol. The van der Waals surface area contributed by atoms with Crippen LogP contribution in [0, 0.1) is 0 Å². The van der Waals surface area contributed by atoms with E-state index in [0.29, 0.717) is 6.54 Å². The predicted molar refractivity (Wildman–Crippen MR) is 80.8 cm³/mol. The molecule has 2 heterocycles. The Morgan fingerprint density at radius 3 is 2.45 bits per heavy atom. The topological polar surface area (TPSA) is 52.7 Å². The molecule has 0 aliphatic carbocycles. The van der Waals surface area contributed by atoms with Crippen LogP contribution in [0.3, 0.4) is 0 Å². The number of rotatable bonds is 3. The molecule has 2 aliphatic rings. The number of likely N-dealkylation sites (tertiary alicyclic amines) is 1. The summed E-state index contributed by atoms with van der Waals surface area (Å²) in [5.74, 6) is -0.757. The molecule has 2 amide bonds. The summed E-state index contributed by atoms with van der Waals surface area (Å²) in [6, 6.07) is 0. The van der Waals surface area contributed by atoms with Crippen LogP contribution >= 0.6 is 12.2 Å². The van der Waals surface area contributed by atoms with Gasteiger partial charge in [-0.15, -0.1) is 6.58 Å². The fraction of sp³-hybridized carbons (Fsp3) is 0.500. The minimum atomic E-state index is -0.412. The van der Waals surface area contributed by atoms with Crippen molar-refractivity contribution in [1.82, 2.24) is 15.1 Å². The monoisotopic (exact) mass is 293 g/mol. The van der Waals surface area contributed by atoms with E-state index in [1.54, 1.807) is 12.3 Å². The van der Waals surface area contributed by atoms with Gasteiger partial charge in [-0.3, -0.25) is 19.8 Å². The van der Waals surface area contributed by atoms with Gasteiger partial charge in [0.15, 0.2) is 5.11 Å². The molecule has 20 heavy (non-hydrogen) atoms. The average molecular weight is 293 g/mol. The van der Waals surface area contributed by atoms with Gasteiger partial charge in [-0.05, 0) is 25.1 Å². The lowest BCUT2D eigenvalue weighted by atomic mass is 10.2. The first-order valence-corrected chi connectivity index (χ1v) is 7.28. The Labute approximate surface area is 124 Å². The van der Waals surface area contributed by atoms with Crippen LogP contribution in [-0.4, -0.2) is 46.4 Å². The Hall–Kier alpha value is -1.69. The molecule has 2 saturated heterocycles. The van der Waals surface area contributed by atoms with E-state index >= 15 is 0 Å². The molecule has 108 valence electrons. The molecule has 0 saturated carbocycles. The van der Waals surface area contributed by atoms with Crippen LogP contribution in [0.15, 0.2) is 24.4 Å². The summed E-state index contributed by atoms with van der Waals surface area (Å²) in [6.45, 7) is 5.67. The van der Waals surface area contributed by atoms with Gasteiger partial charge in [0.2, 0.25) is 0 Å². The second-order valence-corrected chi connectivity index (χ2v) is 5.34. The highest BCUT2D eigenvalue weighted by Gasteiger charge is 2.33. The molecule has 0 unspecified atom stereocenters. The smallest absolute Gasteiger partial charge is 0.267 e. The van der Waals surface area contributed by atoms with Crippen molar-refractivity contribution in [3.63, 3.8) is 0 Å². The molecule has 0 aromatic carbocycles. The Balaban J connectivity index is 2.19. The second kappa shape index (κ2) is 6.65. The van der Waals surface area contributed by atoms with E-state index in [4.69, 9.17) is 12.2 Å². The first-order valence-electron chi connectivity index (χ1n) is 6.87. The molecular formula is C14H19N3O2S. The first-order chi connectivity index (χ1) is 9.63. The summed E-state index contributed by atoms with van der Waals surface area (Å²) in [5, 5.41) is 2.70. The van der Waals surface area contributed by atoms with Crippen molar-refractivity contribution in [2.75, 3.05) is 19.6 Å². The van der Waals surface area contributed by atoms with Crippen molar-refractivity contribution < 1.29 is 9.59 Å². The third-order valence-corrected chi connectivity index (χ3v) is 3.77. The number of carbonyl (C=O) groups excluding carboxylic acids is 2. The lowest BCUT2D eigenvalue weighted by Gasteiger charge is -2.29. The Morgan fingerprint density at radius 1 is 1.20 bits per heavy atom. The number of amides is 2. The predicted octanol–water partition coefficient (Wildman–Crippen LogP) is 1.18. The number of hydrogen-bond acceptors (Lipinski definition) is 4. The fourth-order valence-corrected chi connectivity index (χ4v) is 2.63. The third-order valence-electron chi connectivity index (χ3n) is 3.45. The fourth-order valence-electron chi connectivity index (χ4n) is 2.38. The molecule has 0 bridgehead atoms. The van der Waals surface area contributed by atoms with Gasteiger partial charge in [0.25, 0.3) is 11.8 Å². The molecule has 0 aromatic heterocycles. The van der Waals surface area contributed by atoms with E-state index in [1.165, 1.54) is 17.7 Å². The molecule has 5 nitrogen and oxygen atoms in total. The maximum Gasteiger partial charge on any atom is 0.267 e. The van der Waals surface area contributed by atoms with Gasteiger partial charge in [-0.25, -0.2) is 0 Å². The van der Waals surface area contributed by atoms with Crippen molar-refractivity contribution in [2.45, 2.75) is 25.7 Å². The van der Waals surface area contributed by atoms with Crippen LogP contribution in [0.1, 0.15) is 25.7 Å². The number of hydrogen-bond donors (Lipinski definition) is 1. The van der Waals surface area contributed by atoms with Crippen molar-refractivity contribution >= 4 is 29.1 Å².